The van der Waals surface area contributed by atoms with Crippen LogP contribution in [0, 0.1) is 5.92 Å². The molecule has 1 aromatic heterocycles. The standard InChI is InChI=1S/C26H31N3O3/c1-2-32-21-11-9-19(10-12-21)7-8-20-15-17-29(18-16-20)25(30)14-13-24-27-23-6-4-3-5-22(23)26(31)28-24/h3-6,9-12,20H,2,7-8,13-18H2,1H3,(H,27,28,31). The molecule has 0 unspecified atom stereocenters. The van der Waals surface area contributed by atoms with Gasteiger partial charge in [0.2, 0.25) is 5.91 Å². The normalized spacial score (nSPS) is 14.6. The van der Waals surface area contributed by atoms with Crippen LogP contribution >= 0.6 is 0 Å². The second-order valence-electron chi connectivity index (χ2n) is 8.47. The maximum Gasteiger partial charge on any atom is 0.258 e. The second kappa shape index (κ2) is 10.4. The van der Waals surface area contributed by atoms with E-state index >= 15 is 0 Å². The van der Waals surface area contributed by atoms with Gasteiger partial charge in [0.25, 0.3) is 5.56 Å². The van der Waals surface area contributed by atoms with Gasteiger partial charge in [-0.15, -0.1) is 0 Å². The molecule has 0 atom stereocenters. The summed E-state index contributed by atoms with van der Waals surface area (Å²) in [7, 11) is 0. The van der Waals surface area contributed by atoms with Crippen molar-refractivity contribution in [2.24, 2.45) is 5.92 Å². The summed E-state index contributed by atoms with van der Waals surface area (Å²) in [5.41, 5.74) is 1.86. The molecule has 32 heavy (non-hydrogen) atoms. The molecule has 6 heteroatoms. The first-order chi connectivity index (χ1) is 15.6. The molecule has 0 aliphatic carbocycles. The third-order valence-electron chi connectivity index (χ3n) is 6.28. The Morgan fingerprint density at radius 3 is 2.59 bits per heavy atom. The predicted octanol–water partition coefficient (Wildman–Crippen LogP) is 4.13. The smallest absolute Gasteiger partial charge is 0.258 e. The number of hydrogen-bond donors (Lipinski definition) is 1. The van der Waals surface area contributed by atoms with Crippen LogP contribution in [0.3, 0.4) is 0 Å². The number of rotatable bonds is 8. The molecule has 0 radical (unpaired) electrons. The molecule has 168 valence electrons. The molecular formula is C26H31N3O3. The monoisotopic (exact) mass is 433 g/mol. The minimum atomic E-state index is -0.147. The molecule has 2 heterocycles. The molecule has 2 aromatic carbocycles. The van der Waals surface area contributed by atoms with Gasteiger partial charge in [-0.3, -0.25) is 9.59 Å². The van der Waals surface area contributed by atoms with Crippen LogP contribution in [0.25, 0.3) is 10.9 Å². The van der Waals surface area contributed by atoms with Crippen LogP contribution in [0.5, 0.6) is 5.75 Å². The molecule has 0 saturated carbocycles. The van der Waals surface area contributed by atoms with Crippen LogP contribution in [0.2, 0.25) is 0 Å². The third-order valence-corrected chi connectivity index (χ3v) is 6.28. The van der Waals surface area contributed by atoms with Gasteiger partial charge in [0.15, 0.2) is 0 Å². The Hall–Kier alpha value is -3.15. The molecule has 4 rings (SSSR count). The van der Waals surface area contributed by atoms with E-state index in [1.807, 2.05) is 42.2 Å². The highest BCUT2D eigenvalue weighted by molar-refractivity contribution is 5.78. The summed E-state index contributed by atoms with van der Waals surface area (Å²) in [4.78, 5) is 34.2. The summed E-state index contributed by atoms with van der Waals surface area (Å²) in [6.45, 7) is 4.31. The lowest BCUT2D eigenvalue weighted by molar-refractivity contribution is -0.132. The highest BCUT2D eigenvalue weighted by Gasteiger charge is 2.22. The number of fused-ring (bicyclic) bond motifs is 1. The largest absolute Gasteiger partial charge is 0.494 e. The number of aromatic nitrogens is 2. The van der Waals surface area contributed by atoms with Crippen molar-refractivity contribution in [2.45, 2.75) is 45.4 Å². The number of ether oxygens (including phenoxy) is 1. The van der Waals surface area contributed by atoms with Gasteiger partial charge in [-0.2, -0.15) is 0 Å². The number of H-pyrrole nitrogens is 1. The summed E-state index contributed by atoms with van der Waals surface area (Å²) >= 11 is 0. The molecule has 0 spiro atoms. The number of para-hydroxylation sites is 1. The molecule has 1 aliphatic rings. The van der Waals surface area contributed by atoms with E-state index in [1.54, 1.807) is 6.07 Å². The summed E-state index contributed by atoms with van der Waals surface area (Å²) in [6, 6.07) is 15.7. The van der Waals surface area contributed by atoms with Gasteiger partial charge in [0.05, 0.1) is 17.5 Å². The number of nitrogens with one attached hydrogen (secondary N) is 1. The minimum Gasteiger partial charge on any atom is -0.494 e. The molecule has 1 saturated heterocycles. The first kappa shape index (κ1) is 22.1. The number of hydrogen-bond acceptors (Lipinski definition) is 4. The van der Waals surface area contributed by atoms with Crippen LogP contribution in [-0.2, 0) is 17.6 Å². The Bertz CT molecular complexity index is 1100. The minimum absolute atomic E-state index is 0.144. The van der Waals surface area contributed by atoms with E-state index < -0.39 is 0 Å². The number of amides is 1. The van der Waals surface area contributed by atoms with Crippen molar-refractivity contribution in [3.8, 4) is 5.75 Å². The number of aryl methyl sites for hydroxylation is 2. The lowest BCUT2D eigenvalue weighted by Gasteiger charge is -2.32. The highest BCUT2D eigenvalue weighted by atomic mass is 16.5. The van der Waals surface area contributed by atoms with Crippen molar-refractivity contribution in [1.29, 1.82) is 0 Å². The van der Waals surface area contributed by atoms with Gasteiger partial charge in [-0.05, 0) is 68.4 Å². The topological polar surface area (TPSA) is 75.3 Å². The Balaban J connectivity index is 1.22. The Labute approximate surface area is 188 Å². The fourth-order valence-corrected chi connectivity index (χ4v) is 4.40. The Morgan fingerprint density at radius 2 is 1.84 bits per heavy atom. The molecular weight excluding hydrogens is 402 g/mol. The van der Waals surface area contributed by atoms with Crippen molar-refractivity contribution in [2.75, 3.05) is 19.7 Å². The fourth-order valence-electron chi connectivity index (χ4n) is 4.40. The van der Waals surface area contributed by atoms with Crippen LogP contribution in [0.4, 0.5) is 0 Å². The molecule has 0 bridgehead atoms. The summed E-state index contributed by atoms with van der Waals surface area (Å²) < 4.78 is 5.50. The van der Waals surface area contributed by atoms with Crippen LogP contribution in [0.1, 0.15) is 44.0 Å². The number of carbonyl (C=O) groups is 1. The van der Waals surface area contributed by atoms with Gasteiger partial charge in [0, 0.05) is 25.9 Å². The highest BCUT2D eigenvalue weighted by Crippen LogP contribution is 2.24. The number of aromatic amines is 1. The molecule has 1 N–H and O–H groups in total. The van der Waals surface area contributed by atoms with Gasteiger partial charge >= 0.3 is 0 Å². The fraction of sp³-hybridized carbons (Fsp3) is 0.423. The van der Waals surface area contributed by atoms with Crippen LogP contribution in [0.15, 0.2) is 53.3 Å². The maximum absolute atomic E-state index is 12.7. The van der Waals surface area contributed by atoms with Gasteiger partial charge < -0.3 is 14.6 Å². The van der Waals surface area contributed by atoms with Crippen LogP contribution in [-0.4, -0.2) is 40.5 Å². The second-order valence-corrected chi connectivity index (χ2v) is 8.47. The first-order valence-corrected chi connectivity index (χ1v) is 11.6. The van der Waals surface area contributed by atoms with Crippen molar-refractivity contribution in [3.63, 3.8) is 0 Å². The molecule has 1 aliphatic heterocycles. The average molecular weight is 434 g/mol. The Morgan fingerprint density at radius 1 is 1.09 bits per heavy atom. The van der Waals surface area contributed by atoms with Crippen molar-refractivity contribution in [1.82, 2.24) is 14.9 Å². The zero-order valence-electron chi connectivity index (χ0n) is 18.7. The van der Waals surface area contributed by atoms with E-state index in [2.05, 4.69) is 22.1 Å². The zero-order chi connectivity index (χ0) is 22.3. The zero-order valence-corrected chi connectivity index (χ0v) is 18.7. The van der Waals surface area contributed by atoms with E-state index in [1.165, 1.54) is 5.56 Å². The van der Waals surface area contributed by atoms with Gasteiger partial charge in [-0.1, -0.05) is 24.3 Å². The van der Waals surface area contributed by atoms with E-state index in [-0.39, 0.29) is 11.5 Å². The van der Waals surface area contributed by atoms with E-state index in [4.69, 9.17) is 4.74 Å². The lowest BCUT2D eigenvalue weighted by atomic mass is 9.90. The summed E-state index contributed by atoms with van der Waals surface area (Å²) in [6.07, 6.45) is 5.14. The average Bonchev–Trinajstić information content (AvgIpc) is 2.83. The molecule has 6 nitrogen and oxygen atoms in total. The number of likely N-dealkylation sites (tertiary alicyclic amines) is 1. The van der Waals surface area contributed by atoms with Crippen LogP contribution < -0.4 is 10.3 Å². The Kier molecular flexibility index (Phi) is 7.20. The van der Waals surface area contributed by atoms with E-state index in [0.717, 1.165) is 44.5 Å². The number of carbonyl (C=O) groups excluding carboxylic acids is 1. The van der Waals surface area contributed by atoms with E-state index in [0.29, 0.717) is 42.1 Å². The van der Waals surface area contributed by atoms with Crippen molar-refractivity contribution in [3.05, 3.63) is 70.3 Å². The first-order valence-electron chi connectivity index (χ1n) is 11.6. The third kappa shape index (κ3) is 5.55. The molecule has 1 fully saturated rings. The van der Waals surface area contributed by atoms with Crippen molar-refractivity contribution >= 4 is 16.8 Å². The number of nitrogens with zero attached hydrogens (tertiary/aromatic N) is 2. The summed E-state index contributed by atoms with van der Waals surface area (Å²) in [5.74, 6) is 2.30. The quantitative estimate of drug-likeness (QED) is 0.580. The predicted molar refractivity (Wildman–Crippen MR) is 126 cm³/mol. The number of benzene rings is 2. The molecule has 3 aromatic rings. The SMILES string of the molecule is CCOc1ccc(CCC2CCN(C(=O)CCc3nc4ccccc4c(=O)[nH]3)CC2)cc1. The van der Waals surface area contributed by atoms with Crippen molar-refractivity contribution < 1.29 is 9.53 Å². The lowest BCUT2D eigenvalue weighted by Crippen LogP contribution is -2.38. The summed E-state index contributed by atoms with van der Waals surface area (Å²) in [5, 5.41) is 0.579. The van der Waals surface area contributed by atoms with E-state index in [9.17, 15) is 9.59 Å². The maximum atomic E-state index is 12.7. The van der Waals surface area contributed by atoms with Gasteiger partial charge in [0.1, 0.15) is 11.6 Å². The molecule has 1 amide bonds. The number of piperidine rings is 1. The van der Waals surface area contributed by atoms with Gasteiger partial charge in [-0.25, -0.2) is 4.98 Å².